The van der Waals surface area contributed by atoms with Crippen LogP contribution in [0.5, 0.6) is 0 Å². The van der Waals surface area contributed by atoms with E-state index >= 15 is 0 Å². The van der Waals surface area contributed by atoms with Gasteiger partial charge in [0.2, 0.25) is 0 Å². The first-order valence-electron chi connectivity index (χ1n) is 10.4. The van der Waals surface area contributed by atoms with Crippen molar-refractivity contribution in [2.24, 2.45) is 0 Å². The molecule has 0 amide bonds. The predicted octanol–water partition coefficient (Wildman–Crippen LogP) is 5.65. The lowest BCUT2D eigenvalue weighted by molar-refractivity contribution is 0.426. The number of rotatable bonds is 2. The molecule has 0 radical (unpaired) electrons. The van der Waals surface area contributed by atoms with E-state index in [1.54, 1.807) is 6.07 Å². The third-order valence-electron chi connectivity index (χ3n) is 6.24. The Morgan fingerprint density at radius 3 is 1.71 bits per heavy atom. The van der Waals surface area contributed by atoms with E-state index in [1.807, 2.05) is 18.2 Å². The quantitative estimate of drug-likeness (QED) is 0.293. The Balaban J connectivity index is 1.66. The summed E-state index contributed by atoms with van der Waals surface area (Å²) in [6.45, 7) is 0. The van der Waals surface area contributed by atoms with Gasteiger partial charge in [0.05, 0.1) is 0 Å². The van der Waals surface area contributed by atoms with Crippen LogP contribution in [0.3, 0.4) is 0 Å². The lowest BCUT2D eigenvalue weighted by atomic mass is 9.78. The predicted molar refractivity (Wildman–Crippen MR) is 132 cm³/mol. The molecule has 6 aromatic rings. The maximum atomic E-state index is 9.66. The minimum absolute atomic E-state index is 0.504. The second kappa shape index (κ2) is 6.95. The van der Waals surface area contributed by atoms with Crippen LogP contribution < -0.4 is 5.46 Å². The van der Waals surface area contributed by atoms with E-state index < -0.39 is 7.12 Å². The second-order valence-corrected chi connectivity index (χ2v) is 8.05. The monoisotopic (exact) mass is 398 g/mol. The molecule has 2 nitrogen and oxygen atoms in total. The number of hydrogen-bond acceptors (Lipinski definition) is 2. The molecule has 0 spiro atoms. The normalized spacial score (nSPS) is 11.5. The van der Waals surface area contributed by atoms with Gasteiger partial charge in [0, 0.05) is 0 Å². The second-order valence-electron chi connectivity index (χ2n) is 8.05. The van der Waals surface area contributed by atoms with Crippen LogP contribution in [0.1, 0.15) is 0 Å². The van der Waals surface area contributed by atoms with E-state index in [1.165, 1.54) is 27.3 Å². The molecular formula is C28H19BO2. The SMILES string of the molecule is OB(O)c1ccc2c3ccc(-c4ccc5ccccc5c4)cc3c3ccccc3c2c1. The molecule has 0 atom stereocenters. The van der Waals surface area contributed by atoms with Crippen LogP contribution in [0.15, 0.2) is 103 Å². The minimum Gasteiger partial charge on any atom is -0.423 e. The summed E-state index contributed by atoms with van der Waals surface area (Å²) in [5, 5.41) is 28.6. The molecule has 31 heavy (non-hydrogen) atoms. The lowest BCUT2D eigenvalue weighted by Crippen LogP contribution is -2.29. The molecule has 0 aliphatic rings. The van der Waals surface area contributed by atoms with Gasteiger partial charge in [-0.05, 0) is 71.8 Å². The molecule has 6 aromatic carbocycles. The van der Waals surface area contributed by atoms with Gasteiger partial charge in [-0.1, -0.05) is 91.0 Å². The largest absolute Gasteiger partial charge is 0.488 e. The molecule has 3 heteroatoms. The zero-order chi connectivity index (χ0) is 20.9. The smallest absolute Gasteiger partial charge is 0.423 e. The molecule has 0 bridgehead atoms. The van der Waals surface area contributed by atoms with Crippen molar-refractivity contribution in [3.8, 4) is 11.1 Å². The topological polar surface area (TPSA) is 40.5 Å². The van der Waals surface area contributed by atoms with Crippen molar-refractivity contribution in [2.45, 2.75) is 0 Å². The summed E-state index contributed by atoms with van der Waals surface area (Å²) >= 11 is 0. The average molecular weight is 398 g/mol. The third kappa shape index (κ3) is 2.90. The van der Waals surface area contributed by atoms with Crippen molar-refractivity contribution in [2.75, 3.05) is 0 Å². The molecule has 0 heterocycles. The maximum Gasteiger partial charge on any atom is 0.488 e. The van der Waals surface area contributed by atoms with Crippen molar-refractivity contribution >= 4 is 55.7 Å². The zero-order valence-corrected chi connectivity index (χ0v) is 16.8. The first-order chi connectivity index (χ1) is 15.2. The molecule has 0 saturated carbocycles. The Labute approximate surface area is 180 Å². The lowest BCUT2D eigenvalue weighted by Gasteiger charge is -2.13. The van der Waals surface area contributed by atoms with Crippen LogP contribution in [-0.4, -0.2) is 17.2 Å². The molecule has 0 saturated heterocycles. The molecule has 0 fully saturated rings. The van der Waals surface area contributed by atoms with Crippen molar-refractivity contribution in [3.05, 3.63) is 103 Å². The zero-order valence-electron chi connectivity index (χ0n) is 16.8. The van der Waals surface area contributed by atoms with Gasteiger partial charge < -0.3 is 10.0 Å². The van der Waals surface area contributed by atoms with Gasteiger partial charge in [-0.25, -0.2) is 0 Å². The summed E-state index contributed by atoms with van der Waals surface area (Å²) in [4.78, 5) is 0. The minimum atomic E-state index is -1.48. The summed E-state index contributed by atoms with van der Waals surface area (Å²) < 4.78 is 0. The molecule has 6 rings (SSSR count). The number of hydrogen-bond donors (Lipinski definition) is 2. The highest BCUT2D eigenvalue weighted by molar-refractivity contribution is 6.59. The first-order valence-corrected chi connectivity index (χ1v) is 10.4. The van der Waals surface area contributed by atoms with Gasteiger partial charge in [0.1, 0.15) is 0 Å². The standard InChI is InChI=1S/C28H19BO2/c30-29(31)22-12-14-26-25-13-11-21(20-10-9-18-5-1-2-6-19(18)15-20)16-27(25)23-7-3-4-8-24(23)28(26)17-22/h1-17,30-31H. The fourth-order valence-corrected chi connectivity index (χ4v) is 4.68. The summed E-state index contributed by atoms with van der Waals surface area (Å²) in [7, 11) is -1.48. The number of fused-ring (bicyclic) bond motifs is 7. The van der Waals surface area contributed by atoms with Crippen molar-refractivity contribution in [1.29, 1.82) is 0 Å². The number of benzene rings is 6. The fourth-order valence-electron chi connectivity index (χ4n) is 4.68. The van der Waals surface area contributed by atoms with Gasteiger partial charge in [-0.2, -0.15) is 0 Å². The maximum absolute atomic E-state index is 9.66. The van der Waals surface area contributed by atoms with Gasteiger partial charge in [-0.15, -0.1) is 0 Å². The highest BCUT2D eigenvalue weighted by Crippen LogP contribution is 2.37. The van der Waals surface area contributed by atoms with Gasteiger partial charge in [0.25, 0.3) is 0 Å². The van der Waals surface area contributed by atoms with E-state index in [9.17, 15) is 10.0 Å². The van der Waals surface area contributed by atoms with E-state index in [-0.39, 0.29) is 0 Å². The van der Waals surface area contributed by atoms with Crippen molar-refractivity contribution in [3.63, 3.8) is 0 Å². The van der Waals surface area contributed by atoms with E-state index in [0.717, 1.165) is 26.9 Å². The van der Waals surface area contributed by atoms with Gasteiger partial charge in [-0.3, -0.25) is 0 Å². The Morgan fingerprint density at radius 2 is 0.968 bits per heavy atom. The van der Waals surface area contributed by atoms with Crippen LogP contribution in [0, 0.1) is 0 Å². The average Bonchev–Trinajstić information content (AvgIpc) is 2.83. The fraction of sp³-hybridized carbons (Fsp3) is 0. The summed E-state index contributed by atoms with van der Waals surface area (Å²) in [5.41, 5.74) is 2.89. The Bertz CT molecular complexity index is 1600. The van der Waals surface area contributed by atoms with E-state index in [2.05, 4.69) is 78.9 Å². The molecule has 0 aliphatic heterocycles. The molecule has 2 N–H and O–H groups in total. The van der Waals surface area contributed by atoms with E-state index in [4.69, 9.17) is 0 Å². The van der Waals surface area contributed by atoms with Gasteiger partial charge in [0.15, 0.2) is 0 Å². The van der Waals surface area contributed by atoms with Crippen LogP contribution >= 0.6 is 0 Å². The third-order valence-corrected chi connectivity index (χ3v) is 6.24. The Hall–Kier alpha value is -3.66. The van der Waals surface area contributed by atoms with Crippen LogP contribution in [0.4, 0.5) is 0 Å². The first kappa shape index (κ1) is 18.1. The molecule has 146 valence electrons. The van der Waals surface area contributed by atoms with Crippen LogP contribution in [0.2, 0.25) is 0 Å². The molecular weight excluding hydrogens is 379 g/mol. The van der Waals surface area contributed by atoms with Crippen molar-refractivity contribution < 1.29 is 10.0 Å². The summed E-state index contributed by atoms with van der Waals surface area (Å²) in [6, 6.07) is 35.7. The molecule has 0 aromatic heterocycles. The Morgan fingerprint density at radius 1 is 0.419 bits per heavy atom. The molecule has 0 aliphatic carbocycles. The summed E-state index contributed by atoms with van der Waals surface area (Å²) in [6.07, 6.45) is 0. The highest BCUT2D eigenvalue weighted by Gasteiger charge is 2.15. The van der Waals surface area contributed by atoms with Gasteiger partial charge >= 0.3 is 7.12 Å². The van der Waals surface area contributed by atoms with Crippen LogP contribution in [0.25, 0.3) is 54.2 Å². The van der Waals surface area contributed by atoms with Crippen molar-refractivity contribution in [1.82, 2.24) is 0 Å². The Kier molecular flexibility index (Phi) is 4.07. The highest BCUT2D eigenvalue weighted by atomic mass is 16.4. The molecule has 0 unspecified atom stereocenters. The summed E-state index contributed by atoms with van der Waals surface area (Å²) in [5.74, 6) is 0. The van der Waals surface area contributed by atoms with E-state index in [0.29, 0.717) is 5.46 Å². The van der Waals surface area contributed by atoms with Crippen LogP contribution in [-0.2, 0) is 0 Å².